The highest BCUT2D eigenvalue weighted by Crippen LogP contribution is 2.49. The van der Waals surface area contributed by atoms with Crippen LogP contribution in [0.2, 0.25) is 0 Å². The van der Waals surface area contributed by atoms with Gasteiger partial charge in [-0.3, -0.25) is 9.69 Å². The molecule has 0 aromatic heterocycles. The van der Waals surface area contributed by atoms with Crippen molar-refractivity contribution in [3.8, 4) is 5.75 Å². The van der Waals surface area contributed by atoms with Crippen LogP contribution in [0, 0.1) is 5.92 Å². The summed E-state index contributed by atoms with van der Waals surface area (Å²) in [5.41, 5.74) is -0.180. The molecule has 2 heterocycles. The number of carbonyl (C=O) groups excluding carboxylic acids is 2. The molecule has 0 saturated carbocycles. The first kappa shape index (κ1) is 16.8. The number of methoxy groups -OCH3 is 2. The number of carbonyl (C=O) groups is 2. The van der Waals surface area contributed by atoms with Crippen molar-refractivity contribution >= 4 is 11.9 Å². The topological polar surface area (TPSA) is 65.1 Å². The van der Waals surface area contributed by atoms with Crippen molar-refractivity contribution in [2.75, 3.05) is 20.8 Å². The Morgan fingerprint density at radius 1 is 1.29 bits per heavy atom. The molecule has 3 rings (SSSR count). The fourth-order valence-corrected chi connectivity index (χ4v) is 3.85. The van der Waals surface area contributed by atoms with Gasteiger partial charge in [-0.1, -0.05) is 26.0 Å². The molecule has 2 fully saturated rings. The van der Waals surface area contributed by atoms with Crippen LogP contribution in [0.3, 0.4) is 0 Å². The first-order valence-corrected chi connectivity index (χ1v) is 8.11. The number of amides is 1. The monoisotopic (exact) mass is 333 g/mol. The Hall–Kier alpha value is -2.08. The third-order valence-corrected chi connectivity index (χ3v) is 5.01. The van der Waals surface area contributed by atoms with Gasteiger partial charge in [0.1, 0.15) is 12.0 Å². The van der Waals surface area contributed by atoms with Crippen molar-refractivity contribution in [1.82, 2.24) is 4.90 Å². The Labute approximate surface area is 141 Å². The number of hydrogen-bond acceptors (Lipinski definition) is 5. The molecule has 130 valence electrons. The highest BCUT2D eigenvalue weighted by atomic mass is 16.6. The molecule has 3 atom stereocenters. The van der Waals surface area contributed by atoms with Gasteiger partial charge in [-0.25, -0.2) is 4.79 Å². The molecule has 2 aliphatic rings. The molecule has 6 nitrogen and oxygen atoms in total. The van der Waals surface area contributed by atoms with E-state index in [1.807, 2.05) is 38.1 Å². The van der Waals surface area contributed by atoms with Crippen LogP contribution in [-0.4, -0.2) is 49.4 Å². The molecule has 1 amide bonds. The van der Waals surface area contributed by atoms with Crippen LogP contribution in [0.5, 0.6) is 5.75 Å². The predicted octanol–water partition coefficient (Wildman–Crippen LogP) is 1.94. The molecule has 0 radical (unpaired) electrons. The van der Waals surface area contributed by atoms with Crippen molar-refractivity contribution in [3.05, 3.63) is 29.8 Å². The zero-order chi connectivity index (χ0) is 17.5. The number of benzene rings is 1. The van der Waals surface area contributed by atoms with Crippen LogP contribution in [0.15, 0.2) is 24.3 Å². The summed E-state index contributed by atoms with van der Waals surface area (Å²) < 4.78 is 16.1. The molecular formula is C18H23NO5. The van der Waals surface area contributed by atoms with E-state index in [2.05, 4.69) is 0 Å². The first-order chi connectivity index (χ1) is 11.5. The molecule has 0 unspecified atom stereocenters. The van der Waals surface area contributed by atoms with Crippen LogP contribution in [-0.2, 0) is 19.1 Å². The lowest BCUT2D eigenvalue weighted by Gasteiger charge is -2.35. The summed E-state index contributed by atoms with van der Waals surface area (Å²) in [7, 11) is 2.95. The lowest BCUT2D eigenvalue weighted by Crippen LogP contribution is -2.55. The van der Waals surface area contributed by atoms with Gasteiger partial charge >= 0.3 is 5.97 Å². The minimum Gasteiger partial charge on any atom is -0.497 e. The van der Waals surface area contributed by atoms with Gasteiger partial charge < -0.3 is 14.2 Å². The lowest BCUT2D eigenvalue weighted by molar-refractivity contribution is -0.157. The third kappa shape index (κ3) is 2.28. The van der Waals surface area contributed by atoms with E-state index in [9.17, 15) is 9.59 Å². The van der Waals surface area contributed by atoms with E-state index < -0.39 is 17.7 Å². The molecule has 1 aromatic carbocycles. The Kier molecular flexibility index (Phi) is 4.25. The van der Waals surface area contributed by atoms with E-state index >= 15 is 0 Å². The highest BCUT2D eigenvalue weighted by Gasteiger charge is 2.65. The highest BCUT2D eigenvalue weighted by molar-refractivity contribution is 5.95. The summed E-state index contributed by atoms with van der Waals surface area (Å²) >= 11 is 0. The average Bonchev–Trinajstić information content (AvgIpc) is 3.12. The van der Waals surface area contributed by atoms with Crippen LogP contribution in [0.4, 0.5) is 0 Å². The van der Waals surface area contributed by atoms with Crippen LogP contribution >= 0.6 is 0 Å². The van der Waals surface area contributed by atoms with Gasteiger partial charge in [0.05, 0.1) is 20.8 Å². The van der Waals surface area contributed by atoms with E-state index in [1.54, 1.807) is 12.0 Å². The van der Waals surface area contributed by atoms with Crippen LogP contribution in [0.25, 0.3) is 0 Å². The molecule has 0 bridgehead atoms. The first-order valence-electron chi connectivity index (χ1n) is 8.11. The Morgan fingerprint density at radius 2 is 1.96 bits per heavy atom. The summed E-state index contributed by atoms with van der Waals surface area (Å²) in [5, 5.41) is 0. The molecule has 2 aliphatic heterocycles. The minimum absolute atomic E-state index is 0.0718. The van der Waals surface area contributed by atoms with Crippen molar-refractivity contribution in [1.29, 1.82) is 0 Å². The molecule has 2 saturated heterocycles. The molecule has 6 heteroatoms. The summed E-state index contributed by atoms with van der Waals surface area (Å²) in [6.45, 7) is 4.11. The predicted molar refractivity (Wildman–Crippen MR) is 86.5 cm³/mol. The van der Waals surface area contributed by atoms with Gasteiger partial charge in [-0.15, -0.1) is 0 Å². The number of fused-ring (bicyclic) bond motifs is 1. The van der Waals surface area contributed by atoms with E-state index in [1.165, 1.54) is 7.11 Å². The number of nitrogens with zero attached hydrogens (tertiary/aromatic N) is 1. The average molecular weight is 333 g/mol. The zero-order valence-corrected chi connectivity index (χ0v) is 14.4. The Bertz CT molecular complexity index is 641. The molecule has 0 N–H and O–H groups in total. The second kappa shape index (κ2) is 6.09. The smallest absolute Gasteiger partial charge is 0.334 e. The summed E-state index contributed by atoms with van der Waals surface area (Å²) in [6.07, 6.45) is -0.131. The minimum atomic E-state index is -1.09. The van der Waals surface area contributed by atoms with Gasteiger partial charge in [-0.2, -0.15) is 0 Å². The van der Waals surface area contributed by atoms with Crippen molar-refractivity contribution in [2.24, 2.45) is 5.92 Å². The third-order valence-electron chi connectivity index (χ3n) is 5.01. The number of esters is 1. The van der Waals surface area contributed by atoms with E-state index in [0.29, 0.717) is 0 Å². The van der Waals surface area contributed by atoms with Crippen molar-refractivity contribution in [3.63, 3.8) is 0 Å². The molecule has 0 spiro atoms. The Morgan fingerprint density at radius 3 is 2.50 bits per heavy atom. The molecule has 0 aliphatic carbocycles. The number of ether oxygens (including phenoxy) is 3. The maximum atomic E-state index is 12.7. The van der Waals surface area contributed by atoms with Gasteiger partial charge in [0.25, 0.3) is 0 Å². The van der Waals surface area contributed by atoms with E-state index in [-0.39, 0.29) is 30.8 Å². The summed E-state index contributed by atoms with van der Waals surface area (Å²) in [4.78, 5) is 27.0. The standard InChI is InChI=1S/C18H23NO5/c1-11(2)16-19-15(20)9-14(12-5-7-13(22-3)8-6-12)18(19,10-24-16)17(21)23-4/h5-8,11,14,16H,9-10H2,1-4H3/t14-,16-,18-/m1/s1. The summed E-state index contributed by atoms with van der Waals surface area (Å²) in [6, 6.07) is 7.47. The SMILES string of the molecule is COC(=O)[C@]12CO[C@H](C(C)C)N1C(=O)C[C@@H]2c1ccc(OC)cc1. The quantitative estimate of drug-likeness (QED) is 0.788. The molecule has 24 heavy (non-hydrogen) atoms. The fraction of sp³-hybridized carbons (Fsp3) is 0.556. The van der Waals surface area contributed by atoms with Gasteiger partial charge in [-0.05, 0) is 23.6 Å². The van der Waals surface area contributed by atoms with Gasteiger partial charge in [0.15, 0.2) is 5.54 Å². The largest absolute Gasteiger partial charge is 0.497 e. The normalized spacial score (nSPS) is 29.0. The number of rotatable bonds is 4. The second-order valence-corrected chi connectivity index (χ2v) is 6.66. The van der Waals surface area contributed by atoms with Gasteiger partial charge in [0, 0.05) is 12.3 Å². The Balaban J connectivity index is 2.06. The van der Waals surface area contributed by atoms with Crippen molar-refractivity contribution in [2.45, 2.75) is 38.0 Å². The lowest BCUT2D eigenvalue weighted by atomic mass is 9.80. The van der Waals surface area contributed by atoms with Crippen molar-refractivity contribution < 1.29 is 23.8 Å². The maximum absolute atomic E-state index is 12.7. The fourth-order valence-electron chi connectivity index (χ4n) is 3.85. The summed E-state index contributed by atoms with van der Waals surface area (Å²) in [5.74, 6) is 0.0340. The zero-order valence-electron chi connectivity index (χ0n) is 14.4. The molecular weight excluding hydrogens is 310 g/mol. The van der Waals surface area contributed by atoms with E-state index in [4.69, 9.17) is 14.2 Å². The van der Waals surface area contributed by atoms with Gasteiger partial charge in [0.2, 0.25) is 5.91 Å². The van der Waals surface area contributed by atoms with E-state index in [0.717, 1.165) is 11.3 Å². The number of hydrogen-bond donors (Lipinski definition) is 0. The molecule has 1 aromatic rings. The maximum Gasteiger partial charge on any atom is 0.334 e. The van der Waals surface area contributed by atoms with Crippen LogP contribution < -0.4 is 4.74 Å². The van der Waals surface area contributed by atoms with Crippen LogP contribution in [0.1, 0.15) is 31.7 Å². The second-order valence-electron chi connectivity index (χ2n) is 6.66.